The van der Waals surface area contributed by atoms with Gasteiger partial charge in [0.25, 0.3) is 0 Å². The molecule has 0 saturated carbocycles. The quantitative estimate of drug-likeness (QED) is 0.688. The van der Waals surface area contributed by atoms with E-state index < -0.39 is 9.84 Å². The standard InChI is InChI=1S/C7H12N2O2S/c1-3-12(10,11)6-7-8-4-5-9(7)2/h4-5H,3,6H2,1-2H3. The molecule has 0 aliphatic carbocycles. The monoisotopic (exact) mass is 188 g/mol. The van der Waals surface area contributed by atoms with E-state index in [9.17, 15) is 8.42 Å². The van der Waals surface area contributed by atoms with Gasteiger partial charge in [-0.1, -0.05) is 6.92 Å². The van der Waals surface area contributed by atoms with Gasteiger partial charge in [-0.25, -0.2) is 13.4 Å². The van der Waals surface area contributed by atoms with Crippen molar-refractivity contribution >= 4 is 9.84 Å². The highest BCUT2D eigenvalue weighted by molar-refractivity contribution is 7.90. The lowest BCUT2D eigenvalue weighted by Gasteiger charge is -2.00. The Labute approximate surface area is 72.2 Å². The van der Waals surface area contributed by atoms with Crippen molar-refractivity contribution in [1.29, 1.82) is 0 Å². The van der Waals surface area contributed by atoms with Crippen LogP contribution in [0.15, 0.2) is 12.4 Å². The fraction of sp³-hybridized carbons (Fsp3) is 0.571. The van der Waals surface area contributed by atoms with E-state index >= 15 is 0 Å². The Morgan fingerprint density at radius 3 is 2.67 bits per heavy atom. The Morgan fingerprint density at radius 2 is 2.25 bits per heavy atom. The lowest BCUT2D eigenvalue weighted by Crippen LogP contribution is -2.10. The Bertz CT molecular complexity index is 353. The maximum Gasteiger partial charge on any atom is 0.157 e. The van der Waals surface area contributed by atoms with Crippen molar-refractivity contribution in [1.82, 2.24) is 9.55 Å². The molecular formula is C7H12N2O2S. The summed E-state index contributed by atoms with van der Waals surface area (Å²) in [5.41, 5.74) is 0. The fourth-order valence-corrected chi connectivity index (χ4v) is 1.71. The number of sulfone groups is 1. The molecule has 1 heterocycles. The molecule has 0 aliphatic heterocycles. The second-order valence-corrected chi connectivity index (χ2v) is 4.98. The van der Waals surface area contributed by atoms with Gasteiger partial charge in [-0.05, 0) is 0 Å². The maximum absolute atomic E-state index is 11.2. The molecule has 0 aliphatic rings. The molecule has 0 saturated heterocycles. The summed E-state index contributed by atoms with van der Waals surface area (Å²) >= 11 is 0. The molecule has 0 radical (unpaired) electrons. The van der Waals surface area contributed by atoms with E-state index in [0.717, 1.165) is 0 Å². The van der Waals surface area contributed by atoms with Gasteiger partial charge in [0, 0.05) is 25.2 Å². The Morgan fingerprint density at radius 1 is 1.58 bits per heavy atom. The summed E-state index contributed by atoms with van der Waals surface area (Å²) in [6.07, 6.45) is 3.33. The number of aryl methyl sites for hydroxylation is 1. The van der Waals surface area contributed by atoms with Crippen molar-refractivity contribution in [2.75, 3.05) is 5.75 Å². The molecule has 1 aromatic heterocycles. The molecule has 5 heteroatoms. The molecule has 0 unspecified atom stereocenters. The average Bonchev–Trinajstić information content (AvgIpc) is 2.36. The number of imidazole rings is 1. The van der Waals surface area contributed by atoms with Gasteiger partial charge in [-0.2, -0.15) is 0 Å². The zero-order valence-electron chi connectivity index (χ0n) is 7.19. The molecule has 0 aromatic carbocycles. The molecule has 0 bridgehead atoms. The van der Waals surface area contributed by atoms with Crippen LogP contribution in [0.1, 0.15) is 12.7 Å². The summed E-state index contributed by atoms with van der Waals surface area (Å²) in [4.78, 5) is 3.93. The van der Waals surface area contributed by atoms with Gasteiger partial charge >= 0.3 is 0 Å². The minimum atomic E-state index is -2.95. The minimum Gasteiger partial charge on any atom is -0.337 e. The van der Waals surface area contributed by atoms with Crippen LogP contribution < -0.4 is 0 Å². The van der Waals surface area contributed by atoms with Gasteiger partial charge in [0.1, 0.15) is 11.6 Å². The SMILES string of the molecule is CCS(=O)(=O)Cc1nccn1C. The molecule has 4 nitrogen and oxygen atoms in total. The molecule has 12 heavy (non-hydrogen) atoms. The van der Waals surface area contributed by atoms with E-state index in [0.29, 0.717) is 5.82 Å². The first kappa shape index (κ1) is 9.25. The van der Waals surface area contributed by atoms with Gasteiger partial charge in [0.05, 0.1) is 0 Å². The van der Waals surface area contributed by atoms with Crippen LogP contribution in [0.4, 0.5) is 0 Å². The van der Waals surface area contributed by atoms with E-state index in [1.54, 1.807) is 30.9 Å². The summed E-state index contributed by atoms with van der Waals surface area (Å²) in [5.74, 6) is 0.796. The highest BCUT2D eigenvalue weighted by Crippen LogP contribution is 2.02. The fourth-order valence-electron chi connectivity index (χ4n) is 0.834. The van der Waals surface area contributed by atoms with Crippen molar-refractivity contribution in [3.05, 3.63) is 18.2 Å². The molecule has 0 spiro atoms. The van der Waals surface area contributed by atoms with E-state index in [1.807, 2.05) is 0 Å². The zero-order valence-corrected chi connectivity index (χ0v) is 8.00. The molecular weight excluding hydrogens is 176 g/mol. The third-order valence-corrected chi connectivity index (χ3v) is 3.29. The summed E-state index contributed by atoms with van der Waals surface area (Å²) in [7, 11) is -1.16. The van der Waals surface area contributed by atoms with Crippen molar-refractivity contribution in [3.8, 4) is 0 Å². The van der Waals surface area contributed by atoms with E-state index in [1.165, 1.54) is 0 Å². The number of hydrogen-bond donors (Lipinski definition) is 0. The van der Waals surface area contributed by atoms with Crippen molar-refractivity contribution in [3.63, 3.8) is 0 Å². The summed E-state index contributed by atoms with van der Waals surface area (Å²) in [6, 6.07) is 0. The maximum atomic E-state index is 11.2. The molecule has 1 aromatic rings. The van der Waals surface area contributed by atoms with Crippen LogP contribution in [0.25, 0.3) is 0 Å². The van der Waals surface area contributed by atoms with Crippen LogP contribution in [0.5, 0.6) is 0 Å². The summed E-state index contributed by atoms with van der Waals surface area (Å²) < 4.78 is 24.0. The molecule has 0 fully saturated rings. The van der Waals surface area contributed by atoms with Crippen LogP contribution in [-0.4, -0.2) is 23.7 Å². The third kappa shape index (κ3) is 2.07. The van der Waals surface area contributed by atoms with Gasteiger partial charge < -0.3 is 4.57 Å². The van der Waals surface area contributed by atoms with Gasteiger partial charge in [0.2, 0.25) is 0 Å². The predicted octanol–water partition coefficient (Wildman–Crippen LogP) is 0.355. The van der Waals surface area contributed by atoms with Crippen molar-refractivity contribution in [2.45, 2.75) is 12.7 Å². The van der Waals surface area contributed by atoms with Gasteiger partial charge in [-0.15, -0.1) is 0 Å². The van der Waals surface area contributed by atoms with E-state index in [4.69, 9.17) is 0 Å². The smallest absolute Gasteiger partial charge is 0.157 e. The van der Waals surface area contributed by atoms with Crippen molar-refractivity contribution < 1.29 is 8.42 Å². The Hall–Kier alpha value is -0.840. The normalized spacial score (nSPS) is 11.8. The number of nitrogens with zero attached hydrogens (tertiary/aromatic N) is 2. The molecule has 68 valence electrons. The lowest BCUT2D eigenvalue weighted by molar-refractivity contribution is 0.593. The second-order valence-electron chi connectivity index (χ2n) is 2.63. The second kappa shape index (κ2) is 3.26. The Balaban J connectivity index is 2.84. The summed E-state index contributed by atoms with van der Waals surface area (Å²) in [6.45, 7) is 1.64. The van der Waals surface area contributed by atoms with E-state index in [-0.39, 0.29) is 11.5 Å². The summed E-state index contributed by atoms with van der Waals surface area (Å²) in [5, 5.41) is 0. The first-order chi connectivity index (χ1) is 5.55. The molecule has 0 N–H and O–H groups in total. The molecule has 1 rings (SSSR count). The first-order valence-corrected chi connectivity index (χ1v) is 5.54. The largest absolute Gasteiger partial charge is 0.337 e. The van der Waals surface area contributed by atoms with Crippen LogP contribution >= 0.6 is 0 Å². The van der Waals surface area contributed by atoms with Crippen LogP contribution in [0.3, 0.4) is 0 Å². The van der Waals surface area contributed by atoms with Gasteiger partial charge in [0.15, 0.2) is 9.84 Å². The van der Waals surface area contributed by atoms with E-state index in [2.05, 4.69) is 4.98 Å². The topological polar surface area (TPSA) is 52.0 Å². The molecule has 0 atom stereocenters. The number of aromatic nitrogens is 2. The highest BCUT2D eigenvalue weighted by Gasteiger charge is 2.11. The Kier molecular flexibility index (Phi) is 2.52. The average molecular weight is 188 g/mol. The van der Waals surface area contributed by atoms with Crippen LogP contribution in [0, 0.1) is 0 Å². The highest BCUT2D eigenvalue weighted by atomic mass is 32.2. The van der Waals surface area contributed by atoms with Crippen molar-refractivity contribution in [2.24, 2.45) is 7.05 Å². The predicted molar refractivity (Wildman–Crippen MR) is 46.4 cm³/mol. The third-order valence-electron chi connectivity index (χ3n) is 1.71. The number of rotatable bonds is 3. The molecule has 0 amide bonds. The minimum absolute atomic E-state index is 0.0347. The van der Waals surface area contributed by atoms with Crippen LogP contribution in [-0.2, 0) is 22.6 Å². The number of hydrogen-bond acceptors (Lipinski definition) is 3. The zero-order chi connectivity index (χ0) is 9.19. The van der Waals surface area contributed by atoms with Crippen LogP contribution in [0.2, 0.25) is 0 Å². The van der Waals surface area contributed by atoms with Gasteiger partial charge in [-0.3, -0.25) is 0 Å². The lowest BCUT2D eigenvalue weighted by atomic mass is 10.7. The first-order valence-electron chi connectivity index (χ1n) is 3.72.